The molecule has 1 unspecified atom stereocenters. The third kappa shape index (κ3) is 2.18. The van der Waals surface area contributed by atoms with E-state index in [0.717, 1.165) is 11.3 Å². The van der Waals surface area contributed by atoms with E-state index < -0.39 is 0 Å². The van der Waals surface area contributed by atoms with E-state index in [9.17, 15) is 4.39 Å². The van der Waals surface area contributed by atoms with Gasteiger partial charge in [-0.2, -0.15) is 0 Å². The standard InChI is InChI=1S/C10H11BrFN3/c1-5(13)2-10-14-8-3-6(11)7(12)4-9(8)15-10/h3-5H,2,13H2,1H3,(H,14,15). The lowest BCUT2D eigenvalue weighted by atomic mass is 10.2. The Balaban J connectivity index is 2.47. The highest BCUT2D eigenvalue weighted by Gasteiger charge is 2.08. The summed E-state index contributed by atoms with van der Waals surface area (Å²) in [4.78, 5) is 7.37. The number of hydrogen-bond donors (Lipinski definition) is 2. The van der Waals surface area contributed by atoms with Crippen LogP contribution in [-0.4, -0.2) is 16.0 Å². The number of aromatic amines is 1. The molecule has 1 aromatic heterocycles. The average Bonchev–Trinajstić information content (AvgIpc) is 2.46. The maximum Gasteiger partial charge on any atom is 0.139 e. The molecule has 3 nitrogen and oxygen atoms in total. The van der Waals surface area contributed by atoms with Gasteiger partial charge in [-0.25, -0.2) is 9.37 Å². The van der Waals surface area contributed by atoms with Gasteiger partial charge >= 0.3 is 0 Å². The molecule has 0 radical (unpaired) electrons. The topological polar surface area (TPSA) is 54.7 Å². The third-order valence-corrected chi connectivity index (χ3v) is 2.70. The van der Waals surface area contributed by atoms with Crippen LogP contribution in [0.15, 0.2) is 16.6 Å². The molecule has 0 fully saturated rings. The van der Waals surface area contributed by atoms with Gasteiger partial charge in [0.25, 0.3) is 0 Å². The van der Waals surface area contributed by atoms with Crippen LogP contribution in [0.4, 0.5) is 4.39 Å². The third-order valence-electron chi connectivity index (χ3n) is 2.09. The van der Waals surface area contributed by atoms with Gasteiger partial charge in [0.05, 0.1) is 15.5 Å². The lowest BCUT2D eigenvalue weighted by Crippen LogP contribution is -2.18. The minimum atomic E-state index is -0.293. The second-order valence-corrected chi connectivity index (χ2v) is 4.50. The molecule has 5 heteroatoms. The van der Waals surface area contributed by atoms with Crippen molar-refractivity contribution in [2.75, 3.05) is 0 Å². The molecule has 1 atom stereocenters. The van der Waals surface area contributed by atoms with Crippen molar-refractivity contribution in [1.82, 2.24) is 9.97 Å². The smallest absolute Gasteiger partial charge is 0.139 e. The summed E-state index contributed by atoms with van der Waals surface area (Å²) in [5, 5.41) is 0. The molecule has 0 spiro atoms. The molecular formula is C10H11BrFN3. The van der Waals surface area contributed by atoms with E-state index in [4.69, 9.17) is 5.73 Å². The van der Waals surface area contributed by atoms with Crippen molar-refractivity contribution in [2.24, 2.45) is 5.73 Å². The van der Waals surface area contributed by atoms with E-state index >= 15 is 0 Å². The lowest BCUT2D eigenvalue weighted by molar-refractivity contribution is 0.623. The summed E-state index contributed by atoms with van der Waals surface area (Å²) in [5.74, 6) is 0.496. The summed E-state index contributed by atoms with van der Waals surface area (Å²) in [6.07, 6.45) is 0.661. The molecule has 15 heavy (non-hydrogen) atoms. The van der Waals surface area contributed by atoms with Crippen molar-refractivity contribution < 1.29 is 4.39 Å². The van der Waals surface area contributed by atoms with E-state index in [1.807, 2.05) is 6.92 Å². The number of rotatable bonds is 2. The molecule has 1 heterocycles. The maximum absolute atomic E-state index is 13.2. The van der Waals surface area contributed by atoms with Crippen LogP contribution in [0.3, 0.4) is 0 Å². The molecule has 1 aromatic carbocycles. The zero-order valence-electron chi connectivity index (χ0n) is 8.22. The first-order valence-corrected chi connectivity index (χ1v) is 5.45. The monoisotopic (exact) mass is 271 g/mol. The molecular weight excluding hydrogens is 261 g/mol. The molecule has 0 amide bonds. The maximum atomic E-state index is 13.2. The van der Waals surface area contributed by atoms with Crippen LogP contribution in [-0.2, 0) is 6.42 Å². The molecule has 80 valence electrons. The van der Waals surface area contributed by atoms with Gasteiger partial charge in [0.2, 0.25) is 0 Å². The van der Waals surface area contributed by atoms with Gasteiger partial charge in [-0.15, -0.1) is 0 Å². The van der Waals surface area contributed by atoms with Gasteiger partial charge in [0.1, 0.15) is 11.6 Å². The van der Waals surface area contributed by atoms with Crippen molar-refractivity contribution in [3.63, 3.8) is 0 Å². The fourth-order valence-electron chi connectivity index (χ4n) is 1.46. The van der Waals surface area contributed by atoms with Crippen LogP contribution in [0.2, 0.25) is 0 Å². The number of nitrogens with zero attached hydrogens (tertiary/aromatic N) is 1. The van der Waals surface area contributed by atoms with Crippen LogP contribution in [0.1, 0.15) is 12.7 Å². The number of nitrogens with one attached hydrogen (secondary N) is 1. The van der Waals surface area contributed by atoms with Crippen LogP contribution in [0.25, 0.3) is 11.0 Å². The number of fused-ring (bicyclic) bond motifs is 1. The summed E-state index contributed by atoms with van der Waals surface area (Å²) in [7, 11) is 0. The minimum Gasteiger partial charge on any atom is -0.342 e. The summed E-state index contributed by atoms with van der Waals surface area (Å²) in [6.45, 7) is 1.91. The van der Waals surface area contributed by atoms with Crippen LogP contribution in [0.5, 0.6) is 0 Å². The quantitative estimate of drug-likeness (QED) is 0.881. The van der Waals surface area contributed by atoms with E-state index in [1.54, 1.807) is 6.07 Å². The van der Waals surface area contributed by atoms with E-state index in [0.29, 0.717) is 16.4 Å². The number of H-pyrrole nitrogens is 1. The Hall–Kier alpha value is -0.940. The molecule has 0 bridgehead atoms. The first-order valence-electron chi connectivity index (χ1n) is 4.65. The second-order valence-electron chi connectivity index (χ2n) is 3.65. The molecule has 0 aliphatic rings. The Labute approximate surface area is 95.0 Å². The Morgan fingerprint density at radius 3 is 3.00 bits per heavy atom. The Morgan fingerprint density at radius 2 is 2.33 bits per heavy atom. The number of hydrogen-bond acceptors (Lipinski definition) is 2. The van der Waals surface area contributed by atoms with Crippen molar-refractivity contribution in [3.8, 4) is 0 Å². The Kier molecular flexibility index (Phi) is 2.75. The largest absolute Gasteiger partial charge is 0.342 e. The van der Waals surface area contributed by atoms with Crippen LogP contribution in [0, 0.1) is 5.82 Å². The van der Waals surface area contributed by atoms with Gasteiger partial charge in [-0.1, -0.05) is 0 Å². The summed E-state index contributed by atoms with van der Waals surface area (Å²) >= 11 is 3.12. The molecule has 3 N–H and O–H groups in total. The molecule has 0 saturated carbocycles. The first-order chi connectivity index (χ1) is 7.06. The highest BCUT2D eigenvalue weighted by molar-refractivity contribution is 9.10. The summed E-state index contributed by atoms with van der Waals surface area (Å²) in [5.41, 5.74) is 7.11. The molecule has 2 rings (SSSR count). The van der Waals surface area contributed by atoms with Crippen molar-refractivity contribution in [2.45, 2.75) is 19.4 Å². The van der Waals surface area contributed by atoms with Gasteiger partial charge in [0, 0.05) is 18.5 Å². The predicted molar refractivity (Wildman–Crippen MR) is 61.1 cm³/mol. The highest BCUT2D eigenvalue weighted by atomic mass is 79.9. The number of nitrogens with two attached hydrogens (primary N) is 1. The Morgan fingerprint density at radius 1 is 1.60 bits per heavy atom. The van der Waals surface area contributed by atoms with Gasteiger partial charge in [-0.05, 0) is 28.9 Å². The van der Waals surface area contributed by atoms with Crippen LogP contribution < -0.4 is 5.73 Å². The number of imidazole rings is 1. The van der Waals surface area contributed by atoms with Crippen LogP contribution >= 0.6 is 15.9 Å². The van der Waals surface area contributed by atoms with Gasteiger partial charge < -0.3 is 10.7 Å². The minimum absolute atomic E-state index is 0.0406. The lowest BCUT2D eigenvalue weighted by Gasteiger charge is -1.98. The average molecular weight is 272 g/mol. The Bertz CT molecular complexity index is 454. The van der Waals surface area contributed by atoms with E-state index in [2.05, 4.69) is 25.9 Å². The first kappa shape index (κ1) is 10.6. The van der Waals surface area contributed by atoms with E-state index in [-0.39, 0.29) is 11.9 Å². The number of aromatic nitrogens is 2. The van der Waals surface area contributed by atoms with Gasteiger partial charge in [0.15, 0.2) is 0 Å². The zero-order valence-corrected chi connectivity index (χ0v) is 9.81. The normalized spacial score (nSPS) is 13.3. The van der Waals surface area contributed by atoms with Gasteiger partial charge in [-0.3, -0.25) is 0 Å². The SMILES string of the molecule is CC(N)Cc1nc2cc(Br)c(F)cc2[nH]1. The molecule has 0 aliphatic heterocycles. The number of benzene rings is 1. The van der Waals surface area contributed by atoms with Crippen molar-refractivity contribution in [3.05, 3.63) is 28.2 Å². The fraction of sp³-hybridized carbons (Fsp3) is 0.300. The molecule has 2 aromatic rings. The number of halogens is 2. The predicted octanol–water partition coefficient (Wildman–Crippen LogP) is 2.35. The van der Waals surface area contributed by atoms with Crippen molar-refractivity contribution in [1.29, 1.82) is 0 Å². The molecule has 0 aliphatic carbocycles. The van der Waals surface area contributed by atoms with Crippen molar-refractivity contribution >= 4 is 27.0 Å². The zero-order chi connectivity index (χ0) is 11.0. The second kappa shape index (κ2) is 3.90. The van der Waals surface area contributed by atoms with E-state index in [1.165, 1.54) is 6.07 Å². The molecule has 0 saturated heterocycles. The highest BCUT2D eigenvalue weighted by Crippen LogP contribution is 2.21. The summed E-state index contributed by atoms with van der Waals surface area (Å²) in [6, 6.07) is 3.13. The fourth-order valence-corrected chi connectivity index (χ4v) is 1.79. The summed E-state index contributed by atoms with van der Waals surface area (Å²) < 4.78 is 13.6.